The minimum Gasteiger partial charge on any atom is -0.366 e. The van der Waals surface area contributed by atoms with E-state index < -0.39 is 12.2 Å². The summed E-state index contributed by atoms with van der Waals surface area (Å²) in [5.74, 6) is 1.17. The number of fused-ring (bicyclic) bond motifs is 4. The second-order valence-corrected chi connectivity index (χ2v) is 6.36. The lowest BCUT2D eigenvalue weighted by Gasteiger charge is -2.41. The summed E-state index contributed by atoms with van der Waals surface area (Å²) < 4.78 is 39.4. The summed E-state index contributed by atoms with van der Waals surface area (Å²) in [6, 6.07) is 2.61. The SMILES string of the molecule is FC(F)(F)[C@@H]1CCCN1c1ccc2c(n1)N[C@H]1CCCN2C1. The van der Waals surface area contributed by atoms with Gasteiger partial charge >= 0.3 is 6.18 Å². The minimum atomic E-state index is -4.19. The number of halogens is 3. The van der Waals surface area contributed by atoms with Crippen LogP contribution in [0.1, 0.15) is 25.7 Å². The molecule has 120 valence electrons. The fraction of sp³-hybridized carbons (Fsp3) is 0.667. The van der Waals surface area contributed by atoms with Crippen LogP contribution in [0.2, 0.25) is 0 Å². The second kappa shape index (κ2) is 4.93. The van der Waals surface area contributed by atoms with Crippen molar-refractivity contribution in [2.24, 2.45) is 0 Å². The topological polar surface area (TPSA) is 31.4 Å². The van der Waals surface area contributed by atoms with Gasteiger partial charge in [0.05, 0.1) is 5.69 Å². The highest BCUT2D eigenvalue weighted by Crippen LogP contribution is 2.39. The Morgan fingerprint density at radius 3 is 2.77 bits per heavy atom. The highest BCUT2D eigenvalue weighted by atomic mass is 19.4. The van der Waals surface area contributed by atoms with Gasteiger partial charge in [0, 0.05) is 25.7 Å². The zero-order chi connectivity index (χ0) is 15.3. The molecule has 22 heavy (non-hydrogen) atoms. The molecule has 1 N–H and O–H groups in total. The lowest BCUT2D eigenvalue weighted by molar-refractivity contribution is -0.146. The fourth-order valence-corrected chi connectivity index (χ4v) is 3.85. The Labute approximate surface area is 127 Å². The third kappa shape index (κ3) is 2.27. The number of rotatable bonds is 1. The van der Waals surface area contributed by atoms with E-state index in [1.807, 2.05) is 6.07 Å². The summed E-state index contributed by atoms with van der Waals surface area (Å²) in [6.07, 6.45) is -1.24. The van der Waals surface area contributed by atoms with Crippen LogP contribution in [0.15, 0.2) is 12.1 Å². The predicted octanol–water partition coefficient (Wildman–Crippen LogP) is 3.01. The zero-order valence-corrected chi connectivity index (χ0v) is 12.2. The van der Waals surface area contributed by atoms with Gasteiger partial charge in [-0.3, -0.25) is 0 Å². The van der Waals surface area contributed by atoms with Crippen molar-refractivity contribution in [3.63, 3.8) is 0 Å². The van der Waals surface area contributed by atoms with Crippen molar-refractivity contribution in [2.45, 2.75) is 43.9 Å². The number of hydrogen-bond donors (Lipinski definition) is 1. The molecule has 3 aliphatic heterocycles. The molecule has 3 aliphatic rings. The number of piperidine rings is 1. The number of alkyl halides is 3. The van der Waals surface area contributed by atoms with Crippen LogP contribution in [-0.2, 0) is 0 Å². The first-order valence-electron chi connectivity index (χ1n) is 7.88. The summed E-state index contributed by atoms with van der Waals surface area (Å²) in [6.45, 7) is 2.38. The van der Waals surface area contributed by atoms with Crippen LogP contribution in [0.5, 0.6) is 0 Å². The molecular weight excluding hydrogens is 293 g/mol. The standard InChI is InChI=1S/C15H19F3N4/c16-15(17,18)12-4-2-8-22(12)13-6-5-11-14(20-13)19-10-3-1-7-21(11)9-10/h5-6,10,12H,1-4,7-9H2,(H,19,20)/t10-,12-/m0/s1. The van der Waals surface area contributed by atoms with Crippen molar-refractivity contribution in [3.8, 4) is 0 Å². The second-order valence-electron chi connectivity index (χ2n) is 6.36. The largest absolute Gasteiger partial charge is 0.408 e. The monoisotopic (exact) mass is 312 g/mol. The van der Waals surface area contributed by atoms with Crippen LogP contribution in [0, 0.1) is 0 Å². The maximum Gasteiger partial charge on any atom is 0.408 e. The van der Waals surface area contributed by atoms with Gasteiger partial charge in [-0.05, 0) is 37.8 Å². The fourth-order valence-electron chi connectivity index (χ4n) is 3.85. The van der Waals surface area contributed by atoms with Crippen molar-refractivity contribution in [1.29, 1.82) is 0 Å². The Bertz CT molecular complexity index is 574. The van der Waals surface area contributed by atoms with E-state index in [1.165, 1.54) is 4.90 Å². The van der Waals surface area contributed by atoms with Gasteiger partial charge in [-0.25, -0.2) is 4.98 Å². The van der Waals surface area contributed by atoms with E-state index >= 15 is 0 Å². The zero-order valence-electron chi connectivity index (χ0n) is 12.2. The highest BCUT2D eigenvalue weighted by Gasteiger charge is 2.46. The quantitative estimate of drug-likeness (QED) is 0.864. The first-order valence-corrected chi connectivity index (χ1v) is 7.88. The van der Waals surface area contributed by atoms with Crippen LogP contribution in [-0.4, -0.2) is 42.9 Å². The average Bonchev–Trinajstić information content (AvgIpc) is 2.96. The van der Waals surface area contributed by atoms with Gasteiger partial charge in [0.1, 0.15) is 11.9 Å². The molecule has 2 fully saturated rings. The molecule has 4 rings (SSSR count). The number of anilines is 3. The molecular formula is C15H19F3N4. The summed E-state index contributed by atoms with van der Waals surface area (Å²) in [7, 11) is 0. The van der Waals surface area contributed by atoms with E-state index in [1.54, 1.807) is 6.07 Å². The molecule has 1 aromatic rings. The molecule has 0 spiro atoms. The maximum atomic E-state index is 13.1. The van der Waals surface area contributed by atoms with Gasteiger partial charge in [-0.15, -0.1) is 0 Å². The molecule has 7 heteroatoms. The van der Waals surface area contributed by atoms with Crippen molar-refractivity contribution in [2.75, 3.05) is 34.8 Å². The van der Waals surface area contributed by atoms with Gasteiger partial charge in [-0.1, -0.05) is 0 Å². The lowest BCUT2D eigenvalue weighted by atomic mass is 10.0. The number of aromatic nitrogens is 1. The average molecular weight is 312 g/mol. The Morgan fingerprint density at radius 1 is 1.14 bits per heavy atom. The van der Waals surface area contributed by atoms with E-state index in [2.05, 4.69) is 15.2 Å². The third-order valence-corrected chi connectivity index (χ3v) is 4.89. The smallest absolute Gasteiger partial charge is 0.366 e. The lowest BCUT2D eigenvalue weighted by Crippen LogP contribution is -2.47. The minimum absolute atomic E-state index is 0.157. The molecule has 0 unspecified atom stereocenters. The van der Waals surface area contributed by atoms with Gasteiger partial charge in [-0.2, -0.15) is 13.2 Å². The van der Waals surface area contributed by atoms with Gasteiger partial charge in [0.2, 0.25) is 0 Å². The van der Waals surface area contributed by atoms with Gasteiger partial charge < -0.3 is 15.1 Å². The van der Waals surface area contributed by atoms with E-state index in [-0.39, 0.29) is 6.42 Å². The molecule has 4 heterocycles. The Kier molecular flexibility index (Phi) is 3.13. The Hall–Kier alpha value is -1.66. The molecule has 0 radical (unpaired) electrons. The molecule has 2 saturated heterocycles. The van der Waals surface area contributed by atoms with Crippen LogP contribution in [0.4, 0.5) is 30.5 Å². The Balaban J connectivity index is 1.65. The number of nitrogens with zero attached hydrogens (tertiary/aromatic N) is 3. The van der Waals surface area contributed by atoms with E-state index in [4.69, 9.17) is 0 Å². The first-order chi connectivity index (χ1) is 10.5. The molecule has 0 amide bonds. The van der Waals surface area contributed by atoms with Crippen molar-refractivity contribution >= 4 is 17.3 Å². The third-order valence-electron chi connectivity index (χ3n) is 4.89. The maximum absolute atomic E-state index is 13.1. The highest BCUT2D eigenvalue weighted by molar-refractivity contribution is 5.72. The summed E-state index contributed by atoms with van der Waals surface area (Å²) in [5, 5.41) is 3.39. The van der Waals surface area contributed by atoms with E-state index in [0.29, 0.717) is 24.8 Å². The number of pyridine rings is 1. The number of nitrogens with one attached hydrogen (secondary N) is 1. The normalized spacial score (nSPS) is 27.6. The Morgan fingerprint density at radius 2 is 1.95 bits per heavy atom. The summed E-state index contributed by atoms with van der Waals surface area (Å²) >= 11 is 0. The molecule has 0 saturated carbocycles. The van der Waals surface area contributed by atoms with E-state index in [0.717, 1.165) is 37.4 Å². The van der Waals surface area contributed by atoms with Crippen molar-refractivity contribution < 1.29 is 13.2 Å². The molecule has 0 aromatic carbocycles. The first kappa shape index (κ1) is 14.0. The van der Waals surface area contributed by atoms with Crippen LogP contribution in [0.25, 0.3) is 0 Å². The summed E-state index contributed by atoms with van der Waals surface area (Å²) in [5.41, 5.74) is 1.02. The molecule has 4 nitrogen and oxygen atoms in total. The number of hydrogen-bond acceptors (Lipinski definition) is 4. The van der Waals surface area contributed by atoms with Crippen LogP contribution in [0.3, 0.4) is 0 Å². The van der Waals surface area contributed by atoms with Gasteiger partial charge in [0.25, 0.3) is 0 Å². The molecule has 2 atom stereocenters. The van der Waals surface area contributed by atoms with Gasteiger partial charge in [0.15, 0.2) is 5.82 Å². The molecule has 2 bridgehead atoms. The predicted molar refractivity (Wildman–Crippen MR) is 79.5 cm³/mol. The molecule has 1 aromatic heterocycles. The van der Waals surface area contributed by atoms with Crippen LogP contribution >= 0.6 is 0 Å². The van der Waals surface area contributed by atoms with Crippen LogP contribution < -0.4 is 15.1 Å². The summed E-state index contributed by atoms with van der Waals surface area (Å²) in [4.78, 5) is 8.20. The molecule has 0 aliphatic carbocycles. The van der Waals surface area contributed by atoms with Crippen molar-refractivity contribution in [3.05, 3.63) is 12.1 Å². The van der Waals surface area contributed by atoms with E-state index in [9.17, 15) is 13.2 Å². The van der Waals surface area contributed by atoms with Crippen molar-refractivity contribution in [1.82, 2.24) is 4.98 Å².